The molecule has 7 nitrogen and oxygen atoms in total. The SMILES string of the molecule is CCc1ccc(C=C2SC(=S)N(CCCC(=O)Nc3ccc([N+](=O)[O-])cc3)C2=O)cc1. The molecule has 1 aliphatic heterocycles. The van der Waals surface area contributed by atoms with Gasteiger partial charge in [0.15, 0.2) is 0 Å². The molecule has 2 aromatic rings. The van der Waals surface area contributed by atoms with E-state index in [4.69, 9.17) is 12.2 Å². The number of amides is 2. The fraction of sp³-hybridized carbons (Fsp3) is 0.227. The van der Waals surface area contributed by atoms with Crippen LogP contribution in [0.3, 0.4) is 0 Å². The number of nitrogens with one attached hydrogen (secondary N) is 1. The second-order valence-corrected chi connectivity index (χ2v) is 8.56. The molecule has 0 unspecified atom stereocenters. The van der Waals surface area contributed by atoms with E-state index in [1.165, 1.54) is 46.5 Å². The number of nitro groups is 1. The average molecular weight is 456 g/mol. The Bertz CT molecular complexity index is 1030. The number of thioether (sulfide) groups is 1. The molecule has 9 heteroatoms. The Balaban J connectivity index is 1.51. The van der Waals surface area contributed by atoms with Gasteiger partial charge in [0.2, 0.25) is 5.91 Å². The number of rotatable bonds is 8. The monoisotopic (exact) mass is 455 g/mol. The van der Waals surface area contributed by atoms with Crippen LogP contribution in [0.2, 0.25) is 0 Å². The molecule has 160 valence electrons. The number of carbonyl (C=O) groups is 2. The summed E-state index contributed by atoms with van der Waals surface area (Å²) in [4.78, 5) is 37.1. The van der Waals surface area contributed by atoms with Gasteiger partial charge in [0, 0.05) is 30.8 Å². The van der Waals surface area contributed by atoms with Gasteiger partial charge in [-0.3, -0.25) is 24.6 Å². The largest absolute Gasteiger partial charge is 0.326 e. The molecule has 0 aliphatic carbocycles. The van der Waals surface area contributed by atoms with Gasteiger partial charge < -0.3 is 5.32 Å². The molecule has 1 heterocycles. The van der Waals surface area contributed by atoms with Gasteiger partial charge in [-0.25, -0.2) is 0 Å². The quantitative estimate of drug-likeness (QED) is 0.267. The number of anilines is 1. The van der Waals surface area contributed by atoms with Gasteiger partial charge in [-0.2, -0.15) is 0 Å². The zero-order valence-corrected chi connectivity index (χ0v) is 18.5. The van der Waals surface area contributed by atoms with Crippen LogP contribution < -0.4 is 5.32 Å². The summed E-state index contributed by atoms with van der Waals surface area (Å²) >= 11 is 6.60. The molecule has 0 spiro atoms. The number of nitro benzene ring substituents is 1. The topological polar surface area (TPSA) is 92.6 Å². The third kappa shape index (κ3) is 5.99. The molecule has 0 bridgehead atoms. The van der Waals surface area contributed by atoms with Crippen LogP contribution in [0.25, 0.3) is 6.08 Å². The maximum atomic E-state index is 12.7. The van der Waals surface area contributed by atoms with Crippen molar-refractivity contribution in [3.8, 4) is 0 Å². The Labute approximate surface area is 189 Å². The van der Waals surface area contributed by atoms with Gasteiger partial charge in [-0.15, -0.1) is 0 Å². The molecular weight excluding hydrogens is 434 g/mol. The van der Waals surface area contributed by atoms with Crippen molar-refractivity contribution < 1.29 is 14.5 Å². The Morgan fingerprint density at radius 1 is 1.19 bits per heavy atom. The molecule has 1 aliphatic rings. The molecule has 0 radical (unpaired) electrons. The van der Waals surface area contributed by atoms with Crippen molar-refractivity contribution in [2.45, 2.75) is 26.2 Å². The molecule has 1 fully saturated rings. The number of non-ortho nitro benzene ring substituents is 1. The van der Waals surface area contributed by atoms with Gasteiger partial charge in [0.05, 0.1) is 9.83 Å². The number of carbonyl (C=O) groups excluding carboxylic acids is 2. The van der Waals surface area contributed by atoms with Gasteiger partial charge in [-0.1, -0.05) is 55.2 Å². The molecule has 0 saturated carbocycles. The molecule has 0 atom stereocenters. The van der Waals surface area contributed by atoms with Crippen LogP contribution in [-0.2, 0) is 16.0 Å². The number of benzene rings is 2. The lowest BCUT2D eigenvalue weighted by atomic mass is 10.1. The number of nitrogens with zero attached hydrogens (tertiary/aromatic N) is 2. The van der Waals surface area contributed by atoms with E-state index in [0.717, 1.165) is 12.0 Å². The van der Waals surface area contributed by atoms with Crippen molar-refractivity contribution in [2.24, 2.45) is 0 Å². The summed E-state index contributed by atoms with van der Waals surface area (Å²) in [5.74, 6) is -0.379. The number of hydrogen-bond donors (Lipinski definition) is 1. The fourth-order valence-corrected chi connectivity index (χ4v) is 4.29. The molecule has 0 aromatic heterocycles. The van der Waals surface area contributed by atoms with Crippen molar-refractivity contribution >= 4 is 57.6 Å². The van der Waals surface area contributed by atoms with E-state index < -0.39 is 4.92 Å². The lowest BCUT2D eigenvalue weighted by molar-refractivity contribution is -0.384. The van der Waals surface area contributed by atoms with Crippen LogP contribution >= 0.6 is 24.0 Å². The molecule has 3 rings (SSSR count). The summed E-state index contributed by atoms with van der Waals surface area (Å²) in [5, 5.41) is 13.4. The Hall–Kier alpha value is -3.04. The standard InChI is InChI=1S/C22H21N3O4S2/c1-2-15-5-7-16(8-6-15)14-19-21(27)24(22(30)31-19)13-3-4-20(26)23-17-9-11-18(12-10-17)25(28)29/h5-12,14H,2-4,13H2,1H3,(H,23,26). The summed E-state index contributed by atoms with van der Waals surface area (Å²) in [6, 6.07) is 13.7. The zero-order valence-electron chi connectivity index (χ0n) is 16.9. The first-order chi connectivity index (χ1) is 14.9. The Kier molecular flexibility index (Phi) is 7.54. The first-order valence-corrected chi connectivity index (χ1v) is 11.0. The minimum atomic E-state index is -0.498. The Morgan fingerprint density at radius 3 is 2.48 bits per heavy atom. The van der Waals surface area contributed by atoms with Crippen molar-refractivity contribution in [1.82, 2.24) is 4.90 Å². The summed E-state index contributed by atoms with van der Waals surface area (Å²) in [5.41, 5.74) is 2.62. The highest BCUT2D eigenvalue weighted by atomic mass is 32.2. The lowest BCUT2D eigenvalue weighted by Crippen LogP contribution is -2.29. The normalized spacial score (nSPS) is 14.9. The van der Waals surface area contributed by atoms with E-state index in [0.29, 0.717) is 27.9 Å². The van der Waals surface area contributed by atoms with Crippen LogP contribution in [0.4, 0.5) is 11.4 Å². The van der Waals surface area contributed by atoms with E-state index in [2.05, 4.69) is 12.2 Å². The van der Waals surface area contributed by atoms with Crippen LogP contribution in [0.5, 0.6) is 0 Å². The van der Waals surface area contributed by atoms with Crippen LogP contribution in [0.1, 0.15) is 30.9 Å². The highest BCUT2D eigenvalue weighted by Gasteiger charge is 2.31. The smallest absolute Gasteiger partial charge is 0.269 e. The maximum absolute atomic E-state index is 12.7. The highest BCUT2D eigenvalue weighted by Crippen LogP contribution is 2.32. The second kappa shape index (κ2) is 10.3. The van der Waals surface area contributed by atoms with Gasteiger partial charge in [-0.05, 0) is 42.2 Å². The third-order valence-electron chi connectivity index (χ3n) is 4.71. The molecule has 1 saturated heterocycles. The predicted octanol–water partition coefficient (Wildman–Crippen LogP) is 4.78. The van der Waals surface area contributed by atoms with E-state index >= 15 is 0 Å². The van der Waals surface area contributed by atoms with Crippen LogP contribution in [0.15, 0.2) is 53.4 Å². The summed E-state index contributed by atoms with van der Waals surface area (Å²) in [6.45, 7) is 2.44. The van der Waals surface area contributed by atoms with Gasteiger partial charge in [0.25, 0.3) is 11.6 Å². The third-order valence-corrected chi connectivity index (χ3v) is 6.08. The molecule has 31 heavy (non-hydrogen) atoms. The van der Waals surface area contributed by atoms with Crippen LogP contribution in [-0.4, -0.2) is 32.5 Å². The van der Waals surface area contributed by atoms with Gasteiger partial charge in [0.1, 0.15) is 4.32 Å². The minimum absolute atomic E-state index is 0.0401. The summed E-state index contributed by atoms with van der Waals surface area (Å²) in [7, 11) is 0. The van der Waals surface area contributed by atoms with Crippen LogP contribution in [0, 0.1) is 10.1 Å². The number of aryl methyl sites for hydroxylation is 1. The number of thiocarbonyl (C=S) groups is 1. The van der Waals surface area contributed by atoms with Gasteiger partial charge >= 0.3 is 0 Å². The van der Waals surface area contributed by atoms with Crippen molar-refractivity contribution in [3.05, 3.63) is 74.7 Å². The molecule has 2 aromatic carbocycles. The average Bonchev–Trinajstić information content (AvgIpc) is 3.02. The zero-order chi connectivity index (χ0) is 22.4. The lowest BCUT2D eigenvalue weighted by Gasteiger charge is -2.14. The maximum Gasteiger partial charge on any atom is 0.269 e. The van der Waals surface area contributed by atoms with Crippen molar-refractivity contribution in [3.63, 3.8) is 0 Å². The summed E-state index contributed by atoms with van der Waals surface area (Å²) < 4.78 is 0.484. The second-order valence-electron chi connectivity index (χ2n) is 6.88. The fourth-order valence-electron chi connectivity index (χ4n) is 2.98. The predicted molar refractivity (Wildman–Crippen MR) is 127 cm³/mol. The van der Waals surface area contributed by atoms with Crippen molar-refractivity contribution in [1.29, 1.82) is 0 Å². The summed E-state index contributed by atoms with van der Waals surface area (Å²) in [6.07, 6.45) is 3.44. The molecular formula is C22H21N3O4S2. The van der Waals surface area contributed by atoms with E-state index in [9.17, 15) is 19.7 Å². The number of hydrogen-bond acceptors (Lipinski definition) is 6. The highest BCUT2D eigenvalue weighted by molar-refractivity contribution is 8.26. The van der Waals surface area contributed by atoms with E-state index in [1.54, 1.807) is 0 Å². The minimum Gasteiger partial charge on any atom is -0.326 e. The van der Waals surface area contributed by atoms with E-state index in [-0.39, 0.29) is 23.9 Å². The molecule has 2 amide bonds. The molecule has 1 N–H and O–H groups in total. The first kappa shape index (κ1) is 22.6. The van der Waals surface area contributed by atoms with E-state index in [1.807, 2.05) is 30.3 Å². The Morgan fingerprint density at radius 2 is 1.87 bits per heavy atom. The van der Waals surface area contributed by atoms with Crippen molar-refractivity contribution in [2.75, 3.05) is 11.9 Å². The first-order valence-electron chi connectivity index (χ1n) is 9.76.